The number of carbonyl (C=O) groups is 1. The number of halogens is 1. The predicted molar refractivity (Wildman–Crippen MR) is 77.3 cm³/mol. The molecule has 0 bridgehead atoms. The van der Waals surface area contributed by atoms with Crippen LogP contribution in [-0.4, -0.2) is 16.6 Å². The van der Waals surface area contributed by atoms with Gasteiger partial charge in [-0.05, 0) is 30.0 Å². The van der Waals surface area contributed by atoms with E-state index in [1.807, 2.05) is 17.5 Å². The van der Waals surface area contributed by atoms with Crippen LogP contribution in [0.2, 0.25) is 0 Å². The molecule has 0 amide bonds. The average Bonchev–Trinajstić information content (AvgIpc) is 2.92. The quantitative estimate of drug-likeness (QED) is 0.860. The van der Waals surface area contributed by atoms with Gasteiger partial charge in [0, 0.05) is 17.8 Å². The fourth-order valence-electron chi connectivity index (χ4n) is 1.93. The van der Waals surface area contributed by atoms with Crippen molar-refractivity contribution in [1.82, 2.24) is 5.32 Å². The summed E-state index contributed by atoms with van der Waals surface area (Å²) >= 11 is 1.56. The van der Waals surface area contributed by atoms with Crippen LogP contribution in [0.4, 0.5) is 4.39 Å². The Bertz CT molecular complexity index is 585. The summed E-state index contributed by atoms with van der Waals surface area (Å²) in [6.45, 7) is 2.03. The zero-order valence-corrected chi connectivity index (χ0v) is 11.9. The average molecular weight is 293 g/mol. The maximum Gasteiger partial charge on any atom is 0.323 e. The van der Waals surface area contributed by atoms with E-state index < -0.39 is 11.5 Å². The van der Waals surface area contributed by atoms with E-state index in [2.05, 4.69) is 5.32 Å². The van der Waals surface area contributed by atoms with Crippen molar-refractivity contribution < 1.29 is 14.3 Å². The monoisotopic (exact) mass is 293 g/mol. The molecule has 5 heteroatoms. The second kappa shape index (κ2) is 6.15. The summed E-state index contributed by atoms with van der Waals surface area (Å²) in [4.78, 5) is 12.6. The molecule has 0 spiro atoms. The molecule has 1 heterocycles. The van der Waals surface area contributed by atoms with Gasteiger partial charge in [0.1, 0.15) is 11.4 Å². The number of nitrogens with one attached hydrogen (secondary N) is 1. The molecule has 1 aromatic heterocycles. The Morgan fingerprint density at radius 2 is 2.10 bits per heavy atom. The Labute approximate surface area is 121 Å². The first-order chi connectivity index (χ1) is 9.51. The van der Waals surface area contributed by atoms with Crippen molar-refractivity contribution in [3.05, 3.63) is 58.0 Å². The topological polar surface area (TPSA) is 49.3 Å². The highest BCUT2D eigenvalue weighted by Crippen LogP contribution is 2.18. The minimum atomic E-state index is -1.20. The van der Waals surface area contributed by atoms with Crippen molar-refractivity contribution in [2.45, 2.75) is 25.4 Å². The summed E-state index contributed by atoms with van der Waals surface area (Å²) in [6.07, 6.45) is 0.0976. The Morgan fingerprint density at radius 3 is 2.70 bits per heavy atom. The van der Waals surface area contributed by atoms with E-state index in [1.54, 1.807) is 36.5 Å². The minimum Gasteiger partial charge on any atom is -0.480 e. The summed E-state index contributed by atoms with van der Waals surface area (Å²) < 4.78 is 13.7. The lowest BCUT2D eigenvalue weighted by atomic mass is 9.92. The van der Waals surface area contributed by atoms with E-state index in [-0.39, 0.29) is 12.2 Å². The lowest BCUT2D eigenvalue weighted by Gasteiger charge is -2.26. The van der Waals surface area contributed by atoms with Crippen molar-refractivity contribution >= 4 is 17.3 Å². The molecule has 0 aliphatic carbocycles. The number of carboxylic acid groups (broad SMARTS) is 1. The number of hydrogen-bond donors (Lipinski definition) is 2. The molecule has 1 unspecified atom stereocenters. The predicted octanol–water partition coefficient (Wildman–Crippen LogP) is 3.06. The molecule has 106 valence electrons. The van der Waals surface area contributed by atoms with E-state index in [0.29, 0.717) is 12.1 Å². The third kappa shape index (κ3) is 3.43. The van der Waals surface area contributed by atoms with E-state index >= 15 is 0 Å². The van der Waals surface area contributed by atoms with Crippen molar-refractivity contribution in [3.8, 4) is 0 Å². The molecule has 1 aromatic carbocycles. The fourth-order valence-corrected chi connectivity index (χ4v) is 2.58. The summed E-state index contributed by atoms with van der Waals surface area (Å²) in [5.41, 5.74) is -0.803. The summed E-state index contributed by atoms with van der Waals surface area (Å²) in [6, 6.07) is 10.1. The van der Waals surface area contributed by atoms with Crippen LogP contribution in [-0.2, 0) is 17.8 Å². The van der Waals surface area contributed by atoms with Gasteiger partial charge in [0.05, 0.1) is 0 Å². The lowest BCUT2D eigenvalue weighted by molar-refractivity contribution is -0.144. The van der Waals surface area contributed by atoms with Gasteiger partial charge in [-0.3, -0.25) is 10.1 Å². The third-order valence-corrected chi connectivity index (χ3v) is 4.08. The Balaban J connectivity index is 2.13. The van der Waals surface area contributed by atoms with Gasteiger partial charge < -0.3 is 5.11 Å². The van der Waals surface area contributed by atoms with Crippen LogP contribution in [0.25, 0.3) is 0 Å². The second-order valence-corrected chi connectivity index (χ2v) is 5.87. The zero-order chi connectivity index (χ0) is 14.6. The molecule has 2 N–H and O–H groups in total. The van der Waals surface area contributed by atoms with Crippen LogP contribution in [0.5, 0.6) is 0 Å². The van der Waals surface area contributed by atoms with Crippen molar-refractivity contribution in [1.29, 1.82) is 0 Å². The number of aliphatic carboxylic acids is 1. The highest BCUT2D eigenvalue weighted by atomic mass is 32.1. The normalized spacial score (nSPS) is 13.9. The molecular formula is C15H16FNO2S. The Hall–Kier alpha value is -1.72. The molecule has 20 heavy (non-hydrogen) atoms. The molecule has 0 saturated carbocycles. The van der Waals surface area contributed by atoms with Crippen molar-refractivity contribution in [2.24, 2.45) is 0 Å². The Morgan fingerprint density at radius 1 is 1.35 bits per heavy atom. The van der Waals surface area contributed by atoms with Gasteiger partial charge in [-0.15, -0.1) is 11.3 Å². The SMILES string of the molecule is CC(Cc1ccccc1F)(NCc1cccs1)C(=O)O. The molecule has 0 radical (unpaired) electrons. The van der Waals surface area contributed by atoms with E-state index in [1.165, 1.54) is 6.07 Å². The van der Waals surface area contributed by atoms with E-state index in [0.717, 1.165) is 4.88 Å². The number of carboxylic acids is 1. The van der Waals surface area contributed by atoms with Crippen LogP contribution in [0.1, 0.15) is 17.4 Å². The fraction of sp³-hybridized carbons (Fsp3) is 0.267. The molecule has 0 saturated heterocycles. The van der Waals surface area contributed by atoms with Gasteiger partial charge in [-0.25, -0.2) is 4.39 Å². The zero-order valence-electron chi connectivity index (χ0n) is 11.1. The van der Waals surface area contributed by atoms with Gasteiger partial charge in [0.25, 0.3) is 0 Å². The summed E-state index contributed by atoms with van der Waals surface area (Å²) in [7, 11) is 0. The number of benzene rings is 1. The van der Waals surface area contributed by atoms with Crippen molar-refractivity contribution in [2.75, 3.05) is 0 Å². The summed E-state index contributed by atoms with van der Waals surface area (Å²) in [5, 5.41) is 14.4. The Kier molecular flexibility index (Phi) is 4.52. The van der Waals surface area contributed by atoms with Gasteiger partial charge in [0.15, 0.2) is 0 Å². The van der Waals surface area contributed by atoms with Crippen LogP contribution in [0, 0.1) is 5.82 Å². The van der Waals surface area contributed by atoms with E-state index in [4.69, 9.17) is 0 Å². The number of thiophene rings is 1. The minimum absolute atomic E-state index is 0.0976. The van der Waals surface area contributed by atoms with Crippen molar-refractivity contribution in [3.63, 3.8) is 0 Å². The largest absolute Gasteiger partial charge is 0.480 e. The van der Waals surface area contributed by atoms with Gasteiger partial charge in [0.2, 0.25) is 0 Å². The molecule has 2 rings (SSSR count). The highest BCUT2D eigenvalue weighted by molar-refractivity contribution is 7.09. The standard InChI is InChI=1S/C15H16FNO2S/c1-15(14(18)19,17-10-12-6-4-8-20-12)9-11-5-2-3-7-13(11)16/h2-8,17H,9-10H2,1H3,(H,18,19). The maximum absolute atomic E-state index is 13.7. The van der Waals surface area contributed by atoms with Gasteiger partial charge in [-0.2, -0.15) is 0 Å². The lowest BCUT2D eigenvalue weighted by Crippen LogP contribution is -2.50. The van der Waals surface area contributed by atoms with Crippen LogP contribution in [0.3, 0.4) is 0 Å². The molecule has 0 aliphatic rings. The van der Waals surface area contributed by atoms with E-state index in [9.17, 15) is 14.3 Å². The third-order valence-electron chi connectivity index (χ3n) is 3.21. The van der Waals surface area contributed by atoms with Crippen LogP contribution < -0.4 is 5.32 Å². The molecule has 2 aromatic rings. The first-order valence-corrected chi connectivity index (χ1v) is 7.13. The smallest absolute Gasteiger partial charge is 0.323 e. The molecule has 0 fully saturated rings. The molecule has 1 atom stereocenters. The van der Waals surface area contributed by atoms with Crippen LogP contribution >= 0.6 is 11.3 Å². The van der Waals surface area contributed by atoms with Gasteiger partial charge in [-0.1, -0.05) is 24.3 Å². The first-order valence-electron chi connectivity index (χ1n) is 6.25. The molecule has 0 aliphatic heterocycles. The second-order valence-electron chi connectivity index (χ2n) is 4.84. The van der Waals surface area contributed by atoms with Gasteiger partial charge >= 0.3 is 5.97 Å². The number of rotatable bonds is 6. The number of hydrogen-bond acceptors (Lipinski definition) is 3. The maximum atomic E-state index is 13.7. The van der Waals surface area contributed by atoms with Crippen LogP contribution in [0.15, 0.2) is 41.8 Å². The molecular weight excluding hydrogens is 277 g/mol. The summed E-state index contributed by atoms with van der Waals surface area (Å²) in [5.74, 6) is -1.37. The highest BCUT2D eigenvalue weighted by Gasteiger charge is 2.33. The molecule has 3 nitrogen and oxygen atoms in total. The first kappa shape index (κ1) is 14.7.